The molecule has 7 nitrogen and oxygen atoms in total. The number of nitrogens with zero attached hydrogens (tertiary/aromatic N) is 5. The quantitative estimate of drug-likeness (QED) is 0.782. The third-order valence-corrected chi connectivity index (χ3v) is 4.87. The van der Waals surface area contributed by atoms with Crippen molar-refractivity contribution in [1.29, 1.82) is 0 Å². The highest BCUT2D eigenvalue weighted by Gasteiger charge is 2.30. The molecule has 7 heteroatoms. The van der Waals surface area contributed by atoms with Gasteiger partial charge in [0.15, 0.2) is 5.65 Å². The summed E-state index contributed by atoms with van der Waals surface area (Å²) in [6.45, 7) is 3.43. The Morgan fingerprint density at radius 1 is 1.31 bits per heavy atom. The van der Waals surface area contributed by atoms with Crippen molar-refractivity contribution in [2.45, 2.75) is 25.8 Å². The van der Waals surface area contributed by atoms with Gasteiger partial charge in [0.05, 0.1) is 11.9 Å². The molecule has 134 valence electrons. The normalized spacial score (nSPS) is 17.0. The smallest absolute Gasteiger partial charge is 0.256 e. The summed E-state index contributed by atoms with van der Waals surface area (Å²) in [4.78, 5) is 28.3. The molecule has 0 aliphatic carbocycles. The number of hydrogen-bond donors (Lipinski definition) is 1. The van der Waals surface area contributed by atoms with Crippen LogP contribution in [0, 0.1) is 6.92 Å². The molecule has 1 fully saturated rings. The predicted molar refractivity (Wildman–Crippen MR) is 100 cm³/mol. The molecule has 3 aromatic heterocycles. The van der Waals surface area contributed by atoms with E-state index >= 15 is 0 Å². The topological polar surface area (TPSA) is 75.9 Å². The van der Waals surface area contributed by atoms with Gasteiger partial charge >= 0.3 is 0 Å². The number of pyridine rings is 2. The lowest BCUT2D eigenvalue weighted by atomic mass is 10.1. The van der Waals surface area contributed by atoms with Crippen molar-refractivity contribution in [2.24, 2.45) is 7.05 Å². The Balaban J connectivity index is 1.53. The van der Waals surface area contributed by atoms with Gasteiger partial charge in [-0.2, -0.15) is 0 Å². The minimum Gasteiger partial charge on any atom is -0.368 e. The lowest BCUT2D eigenvalue weighted by Crippen LogP contribution is -2.39. The summed E-state index contributed by atoms with van der Waals surface area (Å²) >= 11 is 0. The standard InChI is InChI=1S/C19H22N6O/c1-13-5-3-7-16(23-13)21-11-14-6-4-10-25(14)19(26)15-8-9-20-18-17(15)22-12-24(18)2/h3,5,7-9,12,14H,4,6,10-11H2,1-2H3,(H,21,23). The van der Waals surface area contributed by atoms with Crippen molar-refractivity contribution >= 4 is 22.9 Å². The average molecular weight is 350 g/mol. The molecular formula is C19H22N6O. The van der Waals surface area contributed by atoms with E-state index in [0.29, 0.717) is 17.6 Å². The minimum absolute atomic E-state index is 0.0256. The van der Waals surface area contributed by atoms with Gasteiger partial charge < -0.3 is 14.8 Å². The van der Waals surface area contributed by atoms with E-state index in [1.54, 1.807) is 18.6 Å². The van der Waals surface area contributed by atoms with Crippen LogP contribution in [-0.4, -0.2) is 49.5 Å². The molecule has 0 bridgehead atoms. The minimum atomic E-state index is 0.0256. The molecule has 1 saturated heterocycles. The number of aromatic nitrogens is 4. The summed E-state index contributed by atoms with van der Waals surface area (Å²) in [5, 5.41) is 3.37. The SMILES string of the molecule is Cc1cccc(NCC2CCCN2C(=O)c2ccnc3c2ncn3C)n1. The van der Waals surface area contributed by atoms with Gasteiger partial charge in [-0.1, -0.05) is 6.07 Å². The van der Waals surface area contributed by atoms with Crippen molar-refractivity contribution < 1.29 is 4.79 Å². The Kier molecular flexibility index (Phi) is 4.28. The highest BCUT2D eigenvalue weighted by atomic mass is 16.2. The molecule has 0 spiro atoms. The van der Waals surface area contributed by atoms with Gasteiger partial charge in [-0.25, -0.2) is 15.0 Å². The molecule has 1 amide bonds. The number of likely N-dealkylation sites (tertiary alicyclic amines) is 1. The zero-order valence-electron chi connectivity index (χ0n) is 15.0. The van der Waals surface area contributed by atoms with Crippen LogP contribution in [-0.2, 0) is 7.05 Å². The zero-order chi connectivity index (χ0) is 18.1. The van der Waals surface area contributed by atoms with Crippen molar-refractivity contribution in [1.82, 2.24) is 24.4 Å². The number of imidazole rings is 1. The summed E-state index contributed by atoms with van der Waals surface area (Å²) < 4.78 is 1.83. The van der Waals surface area contributed by atoms with Crippen LogP contribution in [0.25, 0.3) is 11.2 Å². The van der Waals surface area contributed by atoms with Gasteiger partial charge in [0.1, 0.15) is 11.3 Å². The summed E-state index contributed by atoms with van der Waals surface area (Å²) in [6.07, 6.45) is 5.37. The number of anilines is 1. The number of aryl methyl sites for hydroxylation is 2. The number of rotatable bonds is 4. The third-order valence-electron chi connectivity index (χ3n) is 4.87. The molecule has 0 aromatic carbocycles. The zero-order valence-corrected chi connectivity index (χ0v) is 15.0. The molecule has 1 N–H and O–H groups in total. The molecule has 0 saturated carbocycles. The summed E-state index contributed by atoms with van der Waals surface area (Å²) in [5.41, 5.74) is 2.99. The lowest BCUT2D eigenvalue weighted by Gasteiger charge is -2.25. The highest BCUT2D eigenvalue weighted by Crippen LogP contribution is 2.23. The predicted octanol–water partition coefficient (Wildman–Crippen LogP) is 2.39. The first-order valence-electron chi connectivity index (χ1n) is 8.88. The largest absolute Gasteiger partial charge is 0.368 e. The summed E-state index contributed by atoms with van der Waals surface area (Å²) in [7, 11) is 1.88. The molecule has 1 aliphatic rings. The van der Waals surface area contributed by atoms with Gasteiger partial charge in [0.25, 0.3) is 5.91 Å². The Morgan fingerprint density at radius 2 is 2.19 bits per heavy atom. The number of fused-ring (bicyclic) bond motifs is 1. The number of nitrogens with one attached hydrogen (secondary N) is 1. The van der Waals surface area contributed by atoms with E-state index in [2.05, 4.69) is 20.3 Å². The first-order chi connectivity index (χ1) is 12.6. The Bertz CT molecular complexity index is 950. The fraction of sp³-hybridized carbons (Fsp3) is 0.368. The number of amides is 1. The average Bonchev–Trinajstić information content (AvgIpc) is 3.26. The van der Waals surface area contributed by atoms with Crippen LogP contribution in [0.5, 0.6) is 0 Å². The second-order valence-corrected chi connectivity index (χ2v) is 6.73. The van der Waals surface area contributed by atoms with Crippen molar-refractivity contribution in [3.63, 3.8) is 0 Å². The van der Waals surface area contributed by atoms with E-state index in [9.17, 15) is 4.79 Å². The highest BCUT2D eigenvalue weighted by molar-refractivity contribution is 6.04. The maximum atomic E-state index is 13.2. The van der Waals surface area contributed by atoms with E-state index in [1.165, 1.54) is 0 Å². The van der Waals surface area contributed by atoms with Crippen LogP contribution in [0.2, 0.25) is 0 Å². The summed E-state index contributed by atoms with van der Waals surface area (Å²) in [6, 6.07) is 7.82. The number of carbonyl (C=O) groups excluding carboxylic acids is 1. The Labute approximate surface area is 152 Å². The van der Waals surface area contributed by atoms with Crippen LogP contribution >= 0.6 is 0 Å². The monoisotopic (exact) mass is 350 g/mol. The molecule has 1 unspecified atom stereocenters. The van der Waals surface area contributed by atoms with Gasteiger partial charge in [-0.15, -0.1) is 0 Å². The molecule has 1 atom stereocenters. The van der Waals surface area contributed by atoms with E-state index in [0.717, 1.165) is 36.5 Å². The van der Waals surface area contributed by atoms with E-state index in [4.69, 9.17) is 0 Å². The van der Waals surface area contributed by atoms with Crippen molar-refractivity contribution in [3.8, 4) is 0 Å². The summed E-state index contributed by atoms with van der Waals surface area (Å²) in [5.74, 6) is 0.873. The van der Waals surface area contributed by atoms with Crippen LogP contribution < -0.4 is 5.32 Å². The van der Waals surface area contributed by atoms with E-state index in [1.807, 2.05) is 41.6 Å². The molecule has 26 heavy (non-hydrogen) atoms. The maximum absolute atomic E-state index is 13.2. The van der Waals surface area contributed by atoms with Crippen molar-refractivity contribution in [2.75, 3.05) is 18.4 Å². The van der Waals surface area contributed by atoms with Crippen molar-refractivity contribution in [3.05, 3.63) is 48.0 Å². The number of carbonyl (C=O) groups is 1. The fourth-order valence-electron chi connectivity index (χ4n) is 3.53. The lowest BCUT2D eigenvalue weighted by molar-refractivity contribution is 0.0745. The molecule has 4 rings (SSSR count). The molecular weight excluding hydrogens is 328 g/mol. The Morgan fingerprint density at radius 3 is 3.04 bits per heavy atom. The second-order valence-electron chi connectivity index (χ2n) is 6.73. The van der Waals surface area contributed by atoms with E-state index in [-0.39, 0.29) is 11.9 Å². The van der Waals surface area contributed by atoms with Gasteiger partial charge in [0.2, 0.25) is 0 Å². The third kappa shape index (κ3) is 3.00. The van der Waals surface area contributed by atoms with Gasteiger partial charge in [-0.05, 0) is 38.0 Å². The molecule has 4 heterocycles. The van der Waals surface area contributed by atoms with Gasteiger partial charge in [-0.3, -0.25) is 4.79 Å². The molecule has 0 radical (unpaired) electrons. The van der Waals surface area contributed by atoms with Crippen LogP contribution in [0.1, 0.15) is 28.9 Å². The fourth-order valence-corrected chi connectivity index (χ4v) is 3.53. The van der Waals surface area contributed by atoms with Crippen LogP contribution in [0.4, 0.5) is 5.82 Å². The Hall–Kier alpha value is -2.96. The number of hydrogen-bond acceptors (Lipinski definition) is 5. The molecule has 1 aliphatic heterocycles. The van der Waals surface area contributed by atoms with Crippen LogP contribution in [0.15, 0.2) is 36.8 Å². The van der Waals surface area contributed by atoms with E-state index < -0.39 is 0 Å². The first kappa shape index (κ1) is 16.5. The molecule has 3 aromatic rings. The maximum Gasteiger partial charge on any atom is 0.256 e. The van der Waals surface area contributed by atoms with Gasteiger partial charge in [0, 0.05) is 38.1 Å². The van der Waals surface area contributed by atoms with Crippen LogP contribution in [0.3, 0.4) is 0 Å². The first-order valence-corrected chi connectivity index (χ1v) is 8.88. The second kappa shape index (κ2) is 6.74.